The molecule has 0 aliphatic carbocycles. The van der Waals surface area contributed by atoms with Crippen LogP contribution in [0.3, 0.4) is 0 Å². The SMILES string of the molecule is CCCCCCCCCCCCCC(=O)OC[C@H](COP(=O)([O-])OCC(COC(=O)[C@@H](N)C(C)C)OC(=O)[C@@H](N)C(C)C)OC(=O)CCCCCCCCCCCCC. The molecule has 14 nitrogen and oxygen atoms in total. The lowest BCUT2D eigenvalue weighted by Gasteiger charge is -2.28. The summed E-state index contributed by atoms with van der Waals surface area (Å²) in [5, 5.41) is 0. The van der Waals surface area contributed by atoms with Gasteiger partial charge < -0.3 is 44.4 Å². The zero-order valence-corrected chi connectivity index (χ0v) is 38.7. The lowest BCUT2D eigenvalue weighted by molar-refractivity contribution is -0.231. The maximum atomic E-state index is 12.9. The highest BCUT2D eigenvalue weighted by atomic mass is 31.2. The molecule has 5 atom stereocenters. The largest absolute Gasteiger partial charge is 0.756 e. The number of esters is 4. The van der Waals surface area contributed by atoms with Crippen molar-refractivity contribution in [3.05, 3.63) is 0 Å². The molecule has 0 saturated carbocycles. The van der Waals surface area contributed by atoms with Gasteiger partial charge in [0.1, 0.15) is 25.3 Å². The van der Waals surface area contributed by atoms with E-state index in [1.807, 2.05) is 0 Å². The molecule has 0 saturated heterocycles. The Kier molecular flexibility index (Phi) is 35.3. The molecule has 0 aromatic heterocycles. The van der Waals surface area contributed by atoms with E-state index in [1.165, 1.54) is 89.9 Å². The van der Waals surface area contributed by atoms with Crippen molar-refractivity contribution in [1.29, 1.82) is 0 Å². The van der Waals surface area contributed by atoms with Crippen LogP contribution >= 0.6 is 7.82 Å². The van der Waals surface area contributed by atoms with Crippen LogP contribution in [0.4, 0.5) is 0 Å². The van der Waals surface area contributed by atoms with Crippen molar-refractivity contribution in [3.63, 3.8) is 0 Å². The van der Waals surface area contributed by atoms with Gasteiger partial charge in [0, 0.05) is 12.8 Å². The van der Waals surface area contributed by atoms with Crippen LogP contribution in [0.25, 0.3) is 0 Å². The highest BCUT2D eigenvalue weighted by Gasteiger charge is 2.28. The van der Waals surface area contributed by atoms with E-state index in [-0.39, 0.29) is 24.7 Å². The van der Waals surface area contributed by atoms with Crippen LogP contribution in [0.15, 0.2) is 0 Å². The van der Waals surface area contributed by atoms with Crippen molar-refractivity contribution in [2.45, 2.75) is 220 Å². The van der Waals surface area contributed by atoms with Gasteiger partial charge in [-0.1, -0.05) is 170 Å². The van der Waals surface area contributed by atoms with Gasteiger partial charge in [-0.15, -0.1) is 0 Å². The van der Waals surface area contributed by atoms with Crippen molar-refractivity contribution >= 4 is 31.7 Å². The fraction of sp³-hybridized carbons (Fsp3) is 0.909. The van der Waals surface area contributed by atoms with Crippen LogP contribution in [0.2, 0.25) is 0 Å². The topological polar surface area (TPSA) is 216 Å². The molecule has 0 aliphatic heterocycles. The molecule has 0 spiro atoms. The van der Waals surface area contributed by atoms with Gasteiger partial charge in [-0.3, -0.25) is 23.7 Å². The summed E-state index contributed by atoms with van der Waals surface area (Å²) in [6.07, 6.45) is 22.6. The van der Waals surface area contributed by atoms with Gasteiger partial charge in [-0.25, -0.2) is 0 Å². The minimum atomic E-state index is -5.12. The molecule has 0 heterocycles. The minimum absolute atomic E-state index is 0.122. The van der Waals surface area contributed by atoms with Gasteiger partial charge in [0.2, 0.25) is 0 Å². The van der Waals surface area contributed by atoms with E-state index in [0.29, 0.717) is 12.8 Å². The number of ether oxygens (including phenoxy) is 4. The number of unbranched alkanes of at least 4 members (excludes halogenated alkanes) is 20. The second-order valence-corrected chi connectivity index (χ2v) is 18.0. The molecule has 0 fully saturated rings. The summed E-state index contributed by atoms with van der Waals surface area (Å²) in [7, 11) is -5.12. The van der Waals surface area contributed by atoms with Gasteiger partial charge in [0.15, 0.2) is 12.2 Å². The molecule has 2 unspecified atom stereocenters. The quantitative estimate of drug-likeness (QED) is 0.0255. The van der Waals surface area contributed by atoms with Gasteiger partial charge in [0.25, 0.3) is 7.82 Å². The van der Waals surface area contributed by atoms with E-state index in [4.69, 9.17) is 39.5 Å². The summed E-state index contributed by atoms with van der Waals surface area (Å²) < 4.78 is 44.4. The van der Waals surface area contributed by atoms with Gasteiger partial charge in [-0.2, -0.15) is 0 Å². The van der Waals surface area contributed by atoms with Crippen molar-refractivity contribution in [2.24, 2.45) is 23.3 Å². The van der Waals surface area contributed by atoms with Gasteiger partial charge in [0.05, 0.1) is 13.2 Å². The third kappa shape index (κ3) is 33.2. The fourth-order valence-corrected chi connectivity index (χ4v) is 6.82. The molecule has 15 heteroatoms. The lowest BCUT2D eigenvalue weighted by Crippen LogP contribution is -2.43. The Labute approximate surface area is 357 Å². The number of nitrogens with two attached hydrogens (primary N) is 2. The Morgan fingerprint density at radius 3 is 1.22 bits per heavy atom. The normalized spacial score (nSPS) is 14.7. The van der Waals surface area contributed by atoms with Crippen molar-refractivity contribution in [3.8, 4) is 0 Å². The van der Waals surface area contributed by atoms with E-state index >= 15 is 0 Å². The average molecular weight is 864 g/mol. The summed E-state index contributed by atoms with van der Waals surface area (Å²) >= 11 is 0. The first kappa shape index (κ1) is 56.9. The van der Waals surface area contributed by atoms with Gasteiger partial charge in [-0.05, 0) is 24.7 Å². The van der Waals surface area contributed by atoms with Crippen LogP contribution < -0.4 is 16.4 Å². The Bertz CT molecular complexity index is 1140. The predicted molar refractivity (Wildman–Crippen MR) is 229 cm³/mol. The van der Waals surface area contributed by atoms with E-state index in [9.17, 15) is 28.6 Å². The molecule has 59 heavy (non-hydrogen) atoms. The molecular formula is C44H84N2O12P-. The summed E-state index contributed by atoms with van der Waals surface area (Å²) in [5.41, 5.74) is 11.7. The van der Waals surface area contributed by atoms with E-state index in [1.54, 1.807) is 27.7 Å². The van der Waals surface area contributed by atoms with Crippen LogP contribution in [0.1, 0.15) is 196 Å². The molecule has 0 bridgehead atoms. The number of hydrogen-bond donors (Lipinski definition) is 2. The monoisotopic (exact) mass is 864 g/mol. The average Bonchev–Trinajstić information content (AvgIpc) is 3.20. The summed E-state index contributed by atoms with van der Waals surface area (Å²) in [4.78, 5) is 63.2. The Hall–Kier alpha value is -2.09. The first-order chi connectivity index (χ1) is 28.1. The standard InChI is InChI=1S/C44H85N2O12P/c1-7-9-11-13-15-17-19-21-23-25-27-29-39(47)53-31-37(57-40(48)30-28-26-24-22-20-18-16-14-12-10-8-2)33-55-59(51,52)56-34-38(58-44(50)42(46)36(5)6)32-54-43(49)41(45)35(3)4/h35-38,41-42H,7-34,45-46H2,1-6H3,(H,51,52)/p-1/t37-,38?,41+,42+/m1/s1. The number of carbonyl (C=O) groups excluding carboxylic acids is 4. The van der Waals surface area contributed by atoms with Crippen LogP contribution in [-0.4, -0.2) is 74.6 Å². The number of carbonyl (C=O) groups is 4. The molecule has 4 N–H and O–H groups in total. The van der Waals surface area contributed by atoms with Gasteiger partial charge >= 0.3 is 23.9 Å². The molecule has 0 aromatic rings. The van der Waals surface area contributed by atoms with Crippen LogP contribution in [0.5, 0.6) is 0 Å². The van der Waals surface area contributed by atoms with Crippen LogP contribution in [-0.2, 0) is 51.7 Å². The van der Waals surface area contributed by atoms with Crippen molar-refractivity contribution in [2.75, 3.05) is 26.4 Å². The molecule has 0 aliphatic rings. The molecule has 0 rings (SSSR count). The zero-order valence-electron chi connectivity index (χ0n) is 37.8. The number of phosphoric ester groups is 1. The molecule has 0 radical (unpaired) electrons. The Morgan fingerprint density at radius 1 is 0.475 bits per heavy atom. The molecule has 348 valence electrons. The third-order valence-electron chi connectivity index (χ3n) is 10.2. The van der Waals surface area contributed by atoms with Crippen molar-refractivity contribution in [1.82, 2.24) is 0 Å². The zero-order chi connectivity index (χ0) is 44.3. The first-order valence-electron chi connectivity index (χ1n) is 23.0. The third-order valence-corrected chi connectivity index (χ3v) is 11.1. The lowest BCUT2D eigenvalue weighted by atomic mass is 10.1. The summed E-state index contributed by atoms with van der Waals surface area (Å²) in [6.45, 7) is 8.88. The maximum Gasteiger partial charge on any atom is 0.323 e. The van der Waals surface area contributed by atoms with E-state index in [2.05, 4.69) is 13.8 Å². The predicted octanol–water partition coefficient (Wildman–Crippen LogP) is 8.77. The number of phosphoric acid groups is 1. The smallest absolute Gasteiger partial charge is 0.323 e. The second kappa shape index (κ2) is 36.6. The highest BCUT2D eigenvalue weighted by Crippen LogP contribution is 2.39. The summed E-state index contributed by atoms with van der Waals surface area (Å²) in [6, 6.07) is -1.98. The minimum Gasteiger partial charge on any atom is -0.756 e. The molecule has 0 aromatic carbocycles. The van der Waals surface area contributed by atoms with E-state index < -0.39 is 82.4 Å². The number of hydrogen-bond acceptors (Lipinski definition) is 14. The van der Waals surface area contributed by atoms with E-state index in [0.717, 1.165) is 38.5 Å². The second-order valence-electron chi connectivity index (χ2n) is 16.6. The Morgan fingerprint density at radius 2 is 0.814 bits per heavy atom. The number of rotatable bonds is 40. The summed E-state index contributed by atoms with van der Waals surface area (Å²) in [5.74, 6) is -3.20. The van der Waals surface area contributed by atoms with Crippen molar-refractivity contribution < 1.29 is 56.6 Å². The molecular weight excluding hydrogens is 779 g/mol. The fourth-order valence-electron chi connectivity index (χ4n) is 6.05. The first-order valence-corrected chi connectivity index (χ1v) is 24.4. The highest BCUT2D eigenvalue weighted by molar-refractivity contribution is 7.45. The maximum absolute atomic E-state index is 12.9. The molecule has 0 amide bonds. The van der Waals surface area contributed by atoms with Crippen LogP contribution in [0, 0.1) is 11.8 Å². The Balaban J connectivity index is 5.19.